The van der Waals surface area contributed by atoms with Crippen molar-refractivity contribution in [3.63, 3.8) is 0 Å². The van der Waals surface area contributed by atoms with Crippen LogP contribution in [0.3, 0.4) is 0 Å². The van der Waals surface area contributed by atoms with Crippen LogP contribution in [-0.4, -0.2) is 76.7 Å². The summed E-state index contributed by atoms with van der Waals surface area (Å²) in [6.07, 6.45) is 7.30. The van der Waals surface area contributed by atoms with Crippen LogP contribution in [0.4, 0.5) is 11.4 Å². The first kappa shape index (κ1) is 40.9. The Morgan fingerprint density at radius 1 is 0.983 bits per heavy atom. The van der Waals surface area contributed by atoms with E-state index in [2.05, 4.69) is 50.8 Å². The van der Waals surface area contributed by atoms with Crippen LogP contribution in [0.1, 0.15) is 67.4 Å². The molecule has 0 saturated carbocycles. The molecule has 59 heavy (non-hydrogen) atoms. The quantitative estimate of drug-likeness (QED) is 0.114. The van der Waals surface area contributed by atoms with Gasteiger partial charge in [-0.15, -0.1) is 0 Å². The van der Waals surface area contributed by atoms with Crippen molar-refractivity contribution in [3.05, 3.63) is 118 Å². The highest BCUT2D eigenvalue weighted by molar-refractivity contribution is 7.90. The molecule has 310 valence electrons. The van der Waals surface area contributed by atoms with Gasteiger partial charge in [-0.3, -0.25) is 9.69 Å². The number of benzene rings is 4. The number of amides is 1. The van der Waals surface area contributed by atoms with Crippen LogP contribution in [0.5, 0.6) is 11.5 Å². The summed E-state index contributed by atoms with van der Waals surface area (Å²) in [5, 5.41) is 5.15. The molecular formula is C47H54ClN5O5S. The number of piperazine rings is 1. The van der Waals surface area contributed by atoms with Gasteiger partial charge in [0.25, 0.3) is 15.9 Å². The van der Waals surface area contributed by atoms with Crippen LogP contribution in [-0.2, 0) is 14.8 Å². The predicted molar refractivity (Wildman–Crippen MR) is 237 cm³/mol. The largest absolute Gasteiger partial charge is 0.456 e. The highest BCUT2D eigenvalue weighted by Gasteiger charge is 2.30. The van der Waals surface area contributed by atoms with Crippen molar-refractivity contribution in [2.75, 3.05) is 62.7 Å². The second-order valence-electron chi connectivity index (χ2n) is 17.1. The number of carbonyl (C=O) groups is 1. The van der Waals surface area contributed by atoms with E-state index in [4.69, 9.17) is 21.1 Å². The average Bonchev–Trinajstić information content (AvgIpc) is 3.70. The van der Waals surface area contributed by atoms with Crippen LogP contribution in [0.25, 0.3) is 16.5 Å². The summed E-state index contributed by atoms with van der Waals surface area (Å²) in [6, 6.07) is 26.1. The number of nitrogens with one attached hydrogen (secondary N) is 3. The van der Waals surface area contributed by atoms with Gasteiger partial charge in [-0.1, -0.05) is 43.2 Å². The summed E-state index contributed by atoms with van der Waals surface area (Å²) < 4.78 is 41.7. The smallest absolute Gasteiger partial charge is 0.268 e. The number of halogens is 1. The van der Waals surface area contributed by atoms with Crippen molar-refractivity contribution >= 4 is 55.4 Å². The van der Waals surface area contributed by atoms with E-state index in [0.717, 1.165) is 111 Å². The number of aromatic nitrogens is 1. The van der Waals surface area contributed by atoms with E-state index in [1.165, 1.54) is 29.2 Å². The van der Waals surface area contributed by atoms with Gasteiger partial charge in [0.1, 0.15) is 11.5 Å². The third kappa shape index (κ3) is 9.81. The number of fused-ring (bicyclic) bond motifs is 1. The molecule has 1 aromatic heterocycles. The summed E-state index contributed by atoms with van der Waals surface area (Å²) in [6.45, 7) is 13.1. The van der Waals surface area contributed by atoms with Gasteiger partial charge in [-0.2, -0.15) is 0 Å². The van der Waals surface area contributed by atoms with E-state index in [-0.39, 0.29) is 21.6 Å². The van der Waals surface area contributed by atoms with Gasteiger partial charge in [0.2, 0.25) is 0 Å². The molecule has 4 aromatic carbocycles. The van der Waals surface area contributed by atoms with Crippen molar-refractivity contribution in [2.45, 2.75) is 57.8 Å². The van der Waals surface area contributed by atoms with Gasteiger partial charge < -0.3 is 24.7 Å². The highest BCUT2D eigenvalue weighted by atomic mass is 35.5. The van der Waals surface area contributed by atoms with E-state index in [0.29, 0.717) is 11.7 Å². The standard InChI is InChI=1S/C47H54ClN5O5S/c1-32-25-40(12-15-43(32)50-29-33-5-4-24-57-31-33)59(55,56)51-46(54)41-13-10-38(27-45(41)58-39-11-14-44-35(26-39)17-19-49-44)53-22-20-52(21-23-53)30-36-16-18-47(2,3)28-42(36)34-6-8-37(48)9-7-34/h6-15,17,19,25-27,33,49-50H,4-5,16,18,20-24,28-31H2,1-3H3,(H,51,54)/t33-/m1/s1. The van der Waals surface area contributed by atoms with Crippen molar-refractivity contribution < 1.29 is 22.7 Å². The van der Waals surface area contributed by atoms with E-state index in [1.807, 2.05) is 61.7 Å². The van der Waals surface area contributed by atoms with Gasteiger partial charge in [-0.25, -0.2) is 13.1 Å². The molecule has 12 heteroatoms. The Labute approximate surface area is 353 Å². The number of aryl methyl sites for hydroxylation is 1. The van der Waals surface area contributed by atoms with Crippen LogP contribution in [0.2, 0.25) is 5.02 Å². The number of H-pyrrole nitrogens is 1. The Kier molecular flexibility index (Phi) is 12.1. The molecule has 5 aromatic rings. The molecule has 10 nitrogen and oxygen atoms in total. The zero-order chi connectivity index (χ0) is 41.1. The minimum Gasteiger partial charge on any atom is -0.456 e. The van der Waals surface area contributed by atoms with Crippen molar-refractivity contribution in [3.8, 4) is 11.5 Å². The van der Waals surface area contributed by atoms with Gasteiger partial charge in [0, 0.05) is 85.4 Å². The van der Waals surface area contributed by atoms with Crippen molar-refractivity contribution in [2.24, 2.45) is 11.3 Å². The number of anilines is 2. The number of carbonyl (C=O) groups excluding carboxylic acids is 1. The second kappa shape index (κ2) is 17.4. The third-order valence-corrected chi connectivity index (χ3v) is 13.6. The van der Waals surface area contributed by atoms with Crippen LogP contribution >= 0.6 is 11.6 Å². The Morgan fingerprint density at radius 3 is 2.56 bits per heavy atom. The lowest BCUT2D eigenvalue weighted by Gasteiger charge is -2.39. The zero-order valence-electron chi connectivity index (χ0n) is 34.2. The number of rotatable bonds is 12. The Bertz CT molecular complexity index is 2450. The molecule has 1 aliphatic carbocycles. The van der Waals surface area contributed by atoms with Gasteiger partial charge in [0.15, 0.2) is 0 Å². The lowest BCUT2D eigenvalue weighted by Crippen LogP contribution is -2.47. The Morgan fingerprint density at radius 2 is 1.80 bits per heavy atom. The Hall–Kier alpha value is -4.81. The second-order valence-corrected chi connectivity index (χ2v) is 19.2. The van der Waals surface area contributed by atoms with Crippen molar-refractivity contribution in [1.29, 1.82) is 0 Å². The minimum absolute atomic E-state index is 0.0118. The number of allylic oxidation sites excluding steroid dienone is 1. The maximum Gasteiger partial charge on any atom is 0.268 e. The molecular weight excluding hydrogens is 782 g/mol. The molecule has 3 heterocycles. The molecule has 8 rings (SSSR count). The summed E-state index contributed by atoms with van der Waals surface area (Å²) in [5.41, 5.74) is 8.08. The number of ether oxygens (including phenoxy) is 2. The molecule has 3 aliphatic rings. The van der Waals surface area contributed by atoms with E-state index >= 15 is 0 Å². The molecule has 2 saturated heterocycles. The fraction of sp³-hybridized carbons (Fsp3) is 0.383. The first-order valence-electron chi connectivity index (χ1n) is 20.7. The summed E-state index contributed by atoms with van der Waals surface area (Å²) in [4.78, 5) is 22.0. The Balaban J connectivity index is 0.986. The molecule has 0 bridgehead atoms. The summed E-state index contributed by atoms with van der Waals surface area (Å²) in [5.74, 6) is 0.458. The van der Waals surface area contributed by atoms with E-state index in [9.17, 15) is 13.2 Å². The first-order chi connectivity index (χ1) is 28.4. The van der Waals surface area contributed by atoms with Crippen LogP contribution in [0, 0.1) is 18.3 Å². The molecule has 0 radical (unpaired) electrons. The topological polar surface area (TPSA) is 116 Å². The minimum atomic E-state index is -4.21. The fourth-order valence-corrected chi connectivity index (χ4v) is 9.74. The maximum absolute atomic E-state index is 13.9. The third-order valence-electron chi connectivity index (χ3n) is 12.1. The number of hydrogen-bond donors (Lipinski definition) is 3. The van der Waals surface area contributed by atoms with Gasteiger partial charge >= 0.3 is 0 Å². The molecule has 1 amide bonds. The number of hydrogen-bond acceptors (Lipinski definition) is 8. The highest BCUT2D eigenvalue weighted by Crippen LogP contribution is 2.43. The van der Waals surface area contributed by atoms with Crippen LogP contribution < -0.4 is 19.7 Å². The summed E-state index contributed by atoms with van der Waals surface area (Å²) in [7, 11) is -4.21. The van der Waals surface area contributed by atoms with Crippen LogP contribution in [0.15, 0.2) is 102 Å². The molecule has 1 atom stereocenters. The molecule has 2 fully saturated rings. The zero-order valence-corrected chi connectivity index (χ0v) is 35.7. The lowest BCUT2D eigenvalue weighted by atomic mass is 9.72. The summed E-state index contributed by atoms with van der Waals surface area (Å²) >= 11 is 6.25. The van der Waals surface area contributed by atoms with Gasteiger partial charge in [-0.05, 0) is 134 Å². The average molecular weight is 836 g/mol. The number of sulfonamides is 1. The number of nitrogens with zero attached hydrogens (tertiary/aromatic N) is 2. The molecule has 0 spiro atoms. The molecule has 2 aliphatic heterocycles. The maximum atomic E-state index is 13.9. The van der Waals surface area contributed by atoms with E-state index < -0.39 is 15.9 Å². The first-order valence-corrected chi connectivity index (χ1v) is 22.6. The van der Waals surface area contributed by atoms with E-state index in [1.54, 1.807) is 18.2 Å². The molecule has 0 unspecified atom stereocenters. The SMILES string of the molecule is Cc1cc(S(=O)(=O)NC(=O)c2ccc(N3CCN(CC4=C(c5ccc(Cl)cc5)CC(C)(C)CC4)CC3)cc2Oc2ccc3[nH]ccc3c2)ccc1NC[C@H]1CCCOC1. The van der Waals surface area contributed by atoms with Gasteiger partial charge in [0.05, 0.1) is 17.1 Å². The normalized spacial score (nSPS) is 18.8. The fourth-order valence-electron chi connectivity index (χ4n) is 8.56. The van der Waals surface area contributed by atoms with Crippen molar-refractivity contribution in [1.82, 2.24) is 14.6 Å². The monoisotopic (exact) mass is 835 g/mol. The predicted octanol–water partition coefficient (Wildman–Crippen LogP) is 9.67. The number of aromatic amines is 1. The molecule has 3 N–H and O–H groups in total. The lowest BCUT2D eigenvalue weighted by molar-refractivity contribution is 0.0595.